The smallest absolute Gasteiger partial charge is 0.254 e. The summed E-state index contributed by atoms with van der Waals surface area (Å²) in [7, 11) is 0. The zero-order valence-electron chi connectivity index (χ0n) is 15.9. The minimum atomic E-state index is -0.128. The minimum Gasteiger partial charge on any atom is -0.352 e. The Labute approximate surface area is 156 Å². The number of hydrogen-bond acceptors (Lipinski definition) is 2. The summed E-state index contributed by atoms with van der Waals surface area (Å²) in [5.74, 6) is -0.216. The van der Waals surface area contributed by atoms with Gasteiger partial charge in [0.2, 0.25) is 5.91 Å². The summed E-state index contributed by atoms with van der Waals surface area (Å²) in [4.78, 5) is 26.6. The standard InChI is InChI=1S/C22H28N2O2/c1-4-24(16-21(25)23-17(2)3)22(26)20-13-9-8-12-19(20)15-14-18-10-6-5-7-11-18/h5-13,17H,4,14-16H2,1-3H3,(H,23,25). The lowest BCUT2D eigenvalue weighted by Crippen LogP contribution is -2.42. The van der Waals surface area contributed by atoms with Crippen molar-refractivity contribution in [2.45, 2.75) is 39.7 Å². The molecule has 2 rings (SSSR count). The number of carbonyl (C=O) groups is 2. The van der Waals surface area contributed by atoms with E-state index in [-0.39, 0.29) is 24.4 Å². The van der Waals surface area contributed by atoms with Gasteiger partial charge in [0.15, 0.2) is 0 Å². The molecule has 0 saturated carbocycles. The number of likely N-dealkylation sites (N-methyl/N-ethyl adjacent to an activating group) is 1. The highest BCUT2D eigenvalue weighted by molar-refractivity contribution is 5.97. The van der Waals surface area contributed by atoms with Gasteiger partial charge < -0.3 is 10.2 Å². The molecule has 0 atom stereocenters. The van der Waals surface area contributed by atoms with Gasteiger partial charge in [0, 0.05) is 18.2 Å². The molecule has 0 bridgehead atoms. The second kappa shape index (κ2) is 9.76. The van der Waals surface area contributed by atoms with Gasteiger partial charge in [-0.25, -0.2) is 0 Å². The zero-order valence-corrected chi connectivity index (χ0v) is 15.9. The summed E-state index contributed by atoms with van der Waals surface area (Å²) >= 11 is 0. The van der Waals surface area contributed by atoms with Crippen LogP contribution in [-0.4, -0.2) is 35.8 Å². The fraction of sp³-hybridized carbons (Fsp3) is 0.364. The van der Waals surface area contributed by atoms with Gasteiger partial charge in [-0.2, -0.15) is 0 Å². The molecule has 2 aromatic rings. The fourth-order valence-corrected chi connectivity index (χ4v) is 2.91. The van der Waals surface area contributed by atoms with E-state index in [1.54, 1.807) is 4.90 Å². The third kappa shape index (κ3) is 5.73. The molecule has 0 heterocycles. The van der Waals surface area contributed by atoms with Crippen molar-refractivity contribution in [3.8, 4) is 0 Å². The molecule has 0 unspecified atom stereocenters. The third-order valence-electron chi connectivity index (χ3n) is 4.23. The van der Waals surface area contributed by atoms with Crippen LogP contribution >= 0.6 is 0 Å². The average Bonchev–Trinajstić information content (AvgIpc) is 2.64. The molecule has 26 heavy (non-hydrogen) atoms. The summed E-state index contributed by atoms with van der Waals surface area (Å²) in [5, 5.41) is 2.84. The van der Waals surface area contributed by atoms with E-state index < -0.39 is 0 Å². The SMILES string of the molecule is CCN(CC(=O)NC(C)C)C(=O)c1ccccc1CCc1ccccc1. The zero-order chi connectivity index (χ0) is 18.9. The molecule has 4 heteroatoms. The van der Waals surface area contributed by atoms with Crippen LogP contribution in [-0.2, 0) is 17.6 Å². The van der Waals surface area contributed by atoms with Crippen LogP contribution in [0.2, 0.25) is 0 Å². The molecule has 4 nitrogen and oxygen atoms in total. The van der Waals surface area contributed by atoms with Crippen LogP contribution in [0, 0.1) is 0 Å². The fourth-order valence-electron chi connectivity index (χ4n) is 2.91. The van der Waals surface area contributed by atoms with E-state index in [9.17, 15) is 9.59 Å². The van der Waals surface area contributed by atoms with E-state index in [4.69, 9.17) is 0 Å². The maximum atomic E-state index is 13.0. The highest BCUT2D eigenvalue weighted by Gasteiger charge is 2.20. The lowest BCUT2D eigenvalue weighted by Gasteiger charge is -2.22. The first-order valence-corrected chi connectivity index (χ1v) is 9.21. The first-order valence-electron chi connectivity index (χ1n) is 9.21. The first kappa shape index (κ1) is 19.7. The van der Waals surface area contributed by atoms with Crippen molar-refractivity contribution in [3.05, 3.63) is 71.3 Å². The van der Waals surface area contributed by atoms with Crippen molar-refractivity contribution in [1.29, 1.82) is 0 Å². The Kier molecular flexibility index (Phi) is 7.39. The molecule has 0 aliphatic rings. The lowest BCUT2D eigenvalue weighted by atomic mass is 9.99. The molecule has 138 valence electrons. The molecule has 2 amide bonds. The van der Waals surface area contributed by atoms with Gasteiger partial charge in [-0.15, -0.1) is 0 Å². The second-order valence-electron chi connectivity index (χ2n) is 6.68. The van der Waals surface area contributed by atoms with Crippen LogP contribution in [0.3, 0.4) is 0 Å². The summed E-state index contributed by atoms with van der Waals surface area (Å²) in [5.41, 5.74) is 2.95. The van der Waals surface area contributed by atoms with E-state index in [0.717, 1.165) is 18.4 Å². The molecule has 0 saturated heterocycles. The summed E-state index contributed by atoms with van der Waals surface area (Å²) in [6, 6.07) is 18.0. The number of aryl methyl sites for hydroxylation is 2. The van der Waals surface area contributed by atoms with Gasteiger partial charge in [-0.3, -0.25) is 9.59 Å². The van der Waals surface area contributed by atoms with Gasteiger partial charge in [0.05, 0.1) is 6.54 Å². The minimum absolute atomic E-state index is 0.0643. The van der Waals surface area contributed by atoms with Gasteiger partial charge in [0.1, 0.15) is 0 Å². The van der Waals surface area contributed by atoms with Crippen molar-refractivity contribution >= 4 is 11.8 Å². The van der Waals surface area contributed by atoms with Gasteiger partial charge in [-0.1, -0.05) is 48.5 Å². The van der Waals surface area contributed by atoms with Crippen LogP contribution < -0.4 is 5.32 Å². The van der Waals surface area contributed by atoms with Gasteiger partial charge in [0.25, 0.3) is 5.91 Å². The van der Waals surface area contributed by atoms with E-state index in [2.05, 4.69) is 17.4 Å². The molecule has 0 aliphatic heterocycles. The maximum Gasteiger partial charge on any atom is 0.254 e. The highest BCUT2D eigenvalue weighted by Crippen LogP contribution is 2.15. The summed E-state index contributed by atoms with van der Waals surface area (Å²) in [6.07, 6.45) is 1.67. The normalized spacial score (nSPS) is 10.6. The average molecular weight is 352 g/mol. The number of nitrogens with zero attached hydrogens (tertiary/aromatic N) is 1. The Balaban J connectivity index is 2.10. The molecule has 0 fully saturated rings. The number of rotatable bonds is 8. The van der Waals surface area contributed by atoms with Crippen LogP contribution in [0.25, 0.3) is 0 Å². The molecule has 0 aromatic heterocycles. The van der Waals surface area contributed by atoms with E-state index in [1.165, 1.54) is 5.56 Å². The number of amides is 2. The molecule has 0 spiro atoms. The number of hydrogen-bond donors (Lipinski definition) is 1. The van der Waals surface area contributed by atoms with Crippen molar-refractivity contribution in [1.82, 2.24) is 10.2 Å². The molecule has 0 aliphatic carbocycles. The number of nitrogens with one attached hydrogen (secondary N) is 1. The van der Waals surface area contributed by atoms with Crippen molar-refractivity contribution < 1.29 is 9.59 Å². The predicted molar refractivity (Wildman–Crippen MR) is 105 cm³/mol. The Morgan fingerprint density at radius 3 is 2.27 bits per heavy atom. The lowest BCUT2D eigenvalue weighted by molar-refractivity contribution is -0.122. The van der Waals surface area contributed by atoms with Crippen LogP contribution in [0.4, 0.5) is 0 Å². The Bertz CT molecular complexity index is 726. The summed E-state index contributed by atoms with van der Waals surface area (Å²) in [6.45, 7) is 6.30. The quantitative estimate of drug-likeness (QED) is 0.791. The molecular weight excluding hydrogens is 324 g/mol. The first-order chi connectivity index (χ1) is 12.5. The van der Waals surface area contributed by atoms with Gasteiger partial charge in [-0.05, 0) is 50.8 Å². The van der Waals surface area contributed by atoms with Crippen molar-refractivity contribution in [3.63, 3.8) is 0 Å². The van der Waals surface area contributed by atoms with E-state index >= 15 is 0 Å². The Morgan fingerprint density at radius 1 is 0.962 bits per heavy atom. The second-order valence-corrected chi connectivity index (χ2v) is 6.68. The Hall–Kier alpha value is -2.62. The predicted octanol–water partition coefficient (Wildman–Crippen LogP) is 3.46. The molecular formula is C22H28N2O2. The van der Waals surface area contributed by atoms with E-state index in [1.807, 2.05) is 63.2 Å². The Morgan fingerprint density at radius 2 is 1.62 bits per heavy atom. The summed E-state index contributed by atoms with van der Waals surface area (Å²) < 4.78 is 0. The van der Waals surface area contributed by atoms with Crippen LogP contribution in [0.5, 0.6) is 0 Å². The number of benzene rings is 2. The number of carbonyl (C=O) groups excluding carboxylic acids is 2. The third-order valence-corrected chi connectivity index (χ3v) is 4.23. The van der Waals surface area contributed by atoms with Crippen LogP contribution in [0.1, 0.15) is 42.3 Å². The van der Waals surface area contributed by atoms with Crippen molar-refractivity contribution in [2.24, 2.45) is 0 Å². The molecule has 2 aromatic carbocycles. The van der Waals surface area contributed by atoms with Crippen LogP contribution in [0.15, 0.2) is 54.6 Å². The largest absolute Gasteiger partial charge is 0.352 e. The molecule has 1 N–H and O–H groups in total. The van der Waals surface area contributed by atoms with Gasteiger partial charge >= 0.3 is 0 Å². The van der Waals surface area contributed by atoms with E-state index in [0.29, 0.717) is 12.1 Å². The van der Waals surface area contributed by atoms with Crippen molar-refractivity contribution in [2.75, 3.05) is 13.1 Å². The molecule has 0 radical (unpaired) electrons. The monoisotopic (exact) mass is 352 g/mol. The highest BCUT2D eigenvalue weighted by atomic mass is 16.2. The maximum absolute atomic E-state index is 13.0. The topological polar surface area (TPSA) is 49.4 Å².